The minimum absolute atomic E-state index is 0.0550. The van der Waals surface area contributed by atoms with Gasteiger partial charge in [-0.25, -0.2) is 9.36 Å². The van der Waals surface area contributed by atoms with Crippen LogP contribution in [0.3, 0.4) is 0 Å². The number of rotatable bonds is 7. The summed E-state index contributed by atoms with van der Waals surface area (Å²) in [5.74, 6) is -1.98. The van der Waals surface area contributed by atoms with Crippen molar-refractivity contribution in [2.45, 2.75) is 32.2 Å². The van der Waals surface area contributed by atoms with Gasteiger partial charge in [0.05, 0.1) is 7.05 Å². The maximum absolute atomic E-state index is 12.0. The third-order valence-corrected chi connectivity index (χ3v) is 2.96. The summed E-state index contributed by atoms with van der Waals surface area (Å²) in [7, 11) is 1.38. The van der Waals surface area contributed by atoms with Crippen molar-refractivity contribution in [1.29, 1.82) is 0 Å². The molecule has 1 aromatic rings. The van der Waals surface area contributed by atoms with Gasteiger partial charge in [0.25, 0.3) is 5.91 Å². The molecule has 0 aliphatic heterocycles. The molecule has 20 heavy (non-hydrogen) atoms. The number of carbonyl (C=O) groups is 2. The highest BCUT2D eigenvalue weighted by molar-refractivity contribution is 5.95. The van der Waals surface area contributed by atoms with Gasteiger partial charge in [-0.05, 0) is 17.4 Å². The molecule has 8 nitrogen and oxygen atoms in total. The Morgan fingerprint density at radius 3 is 2.60 bits per heavy atom. The number of carbonyl (C=O) groups excluding carboxylic acids is 1. The van der Waals surface area contributed by atoms with E-state index in [0.717, 1.165) is 11.0 Å². The average Bonchev–Trinajstić information content (AvgIpc) is 2.75. The second-order valence-corrected chi connectivity index (χ2v) is 4.40. The van der Waals surface area contributed by atoms with E-state index < -0.39 is 22.8 Å². The van der Waals surface area contributed by atoms with Crippen molar-refractivity contribution in [1.82, 2.24) is 9.88 Å². The van der Waals surface area contributed by atoms with Gasteiger partial charge in [0, 0.05) is 6.07 Å². The Balaban J connectivity index is 2.84. The van der Waals surface area contributed by atoms with Gasteiger partial charge < -0.3 is 20.5 Å². The molecule has 110 valence electrons. The lowest BCUT2D eigenvalue weighted by molar-refractivity contribution is -0.391. The Morgan fingerprint density at radius 2 is 2.15 bits per heavy atom. The molecule has 0 bridgehead atoms. The monoisotopic (exact) mass is 283 g/mol. The molecular weight excluding hydrogens is 266 g/mol. The Morgan fingerprint density at radius 1 is 1.50 bits per heavy atom. The zero-order valence-electron chi connectivity index (χ0n) is 11.3. The summed E-state index contributed by atoms with van der Waals surface area (Å²) in [6, 6.07) is 1.51. The molecule has 0 saturated heterocycles. The van der Waals surface area contributed by atoms with Crippen LogP contribution in [0.25, 0.3) is 0 Å². The molecule has 1 aromatic heterocycles. The van der Waals surface area contributed by atoms with Gasteiger partial charge in [0.2, 0.25) is 0 Å². The van der Waals surface area contributed by atoms with E-state index in [2.05, 4.69) is 5.32 Å². The molecule has 0 aromatic carbocycles. The fourth-order valence-corrected chi connectivity index (χ4v) is 1.81. The number of hydrogen-bond donors (Lipinski definition) is 2. The second-order valence-electron chi connectivity index (χ2n) is 4.40. The lowest BCUT2D eigenvalue weighted by Crippen LogP contribution is -2.41. The molecule has 0 aliphatic rings. The summed E-state index contributed by atoms with van der Waals surface area (Å²) in [6.07, 6.45) is 1.81. The Bertz CT molecular complexity index is 523. The summed E-state index contributed by atoms with van der Waals surface area (Å²) in [4.78, 5) is 33.1. The summed E-state index contributed by atoms with van der Waals surface area (Å²) >= 11 is 0. The molecule has 1 atom stereocenters. The van der Waals surface area contributed by atoms with Crippen LogP contribution in [0.5, 0.6) is 0 Å². The number of nitro groups is 1. The number of carboxylic acid groups (broad SMARTS) is 1. The van der Waals surface area contributed by atoms with Gasteiger partial charge in [-0.2, -0.15) is 0 Å². The van der Waals surface area contributed by atoms with Crippen molar-refractivity contribution in [3.05, 3.63) is 27.9 Å². The molecule has 1 rings (SSSR count). The number of hydrogen-bond acceptors (Lipinski definition) is 4. The van der Waals surface area contributed by atoms with Crippen LogP contribution in [-0.2, 0) is 11.8 Å². The van der Waals surface area contributed by atoms with Crippen LogP contribution >= 0.6 is 0 Å². The number of nitrogens with zero attached hydrogens (tertiary/aromatic N) is 2. The third kappa shape index (κ3) is 3.56. The van der Waals surface area contributed by atoms with Gasteiger partial charge in [-0.15, -0.1) is 0 Å². The molecule has 1 unspecified atom stereocenters. The first-order valence-corrected chi connectivity index (χ1v) is 6.22. The van der Waals surface area contributed by atoms with Crippen molar-refractivity contribution in [2.75, 3.05) is 0 Å². The number of carboxylic acids is 1. The standard InChI is InChI=1S/C12H17N3O5/c1-3-4-5-8(12(17)18)13-11(16)9-6-7-10(14(9)2)15(19)20/h6-8H,3-5H2,1-2H3,(H,13,16)(H,17,18). The minimum Gasteiger partial charge on any atom is -0.480 e. The van der Waals surface area contributed by atoms with Gasteiger partial charge in [0.1, 0.15) is 6.04 Å². The normalized spacial score (nSPS) is 11.9. The summed E-state index contributed by atoms with van der Waals surface area (Å²) < 4.78 is 1.12. The van der Waals surface area contributed by atoms with Crippen LogP contribution in [0.2, 0.25) is 0 Å². The SMILES string of the molecule is CCCCC(NC(=O)c1ccc([N+](=O)[O-])n1C)C(=O)O. The van der Waals surface area contributed by atoms with Crippen LogP contribution < -0.4 is 5.32 Å². The number of nitrogens with one attached hydrogen (secondary N) is 1. The molecule has 1 heterocycles. The van der Waals surface area contributed by atoms with Crippen molar-refractivity contribution in [3.63, 3.8) is 0 Å². The quantitative estimate of drug-likeness (QED) is 0.578. The van der Waals surface area contributed by atoms with E-state index in [4.69, 9.17) is 5.11 Å². The predicted molar refractivity (Wildman–Crippen MR) is 70.5 cm³/mol. The topological polar surface area (TPSA) is 114 Å². The lowest BCUT2D eigenvalue weighted by atomic mass is 10.1. The van der Waals surface area contributed by atoms with E-state index in [0.29, 0.717) is 12.8 Å². The first-order chi connectivity index (χ1) is 9.38. The van der Waals surface area contributed by atoms with E-state index in [1.165, 1.54) is 19.2 Å². The number of aromatic nitrogens is 1. The summed E-state index contributed by atoms with van der Waals surface area (Å²) in [5, 5.41) is 22.1. The number of aliphatic carboxylic acids is 1. The lowest BCUT2D eigenvalue weighted by Gasteiger charge is -2.13. The molecule has 8 heteroatoms. The first-order valence-electron chi connectivity index (χ1n) is 6.22. The van der Waals surface area contributed by atoms with Gasteiger partial charge in [-0.1, -0.05) is 19.8 Å². The maximum Gasteiger partial charge on any atom is 0.326 e. The van der Waals surface area contributed by atoms with E-state index in [1.807, 2.05) is 6.92 Å². The van der Waals surface area contributed by atoms with Crippen LogP contribution in [-0.4, -0.2) is 32.5 Å². The Kier molecular flexibility index (Phi) is 5.24. The fourth-order valence-electron chi connectivity index (χ4n) is 1.81. The van der Waals surface area contributed by atoms with E-state index in [1.54, 1.807) is 0 Å². The molecule has 0 radical (unpaired) electrons. The van der Waals surface area contributed by atoms with Crippen molar-refractivity contribution < 1.29 is 19.6 Å². The van der Waals surface area contributed by atoms with Crippen LogP contribution in [0, 0.1) is 10.1 Å². The van der Waals surface area contributed by atoms with Gasteiger partial charge >= 0.3 is 11.8 Å². The van der Waals surface area contributed by atoms with Crippen molar-refractivity contribution in [3.8, 4) is 0 Å². The van der Waals surface area contributed by atoms with Gasteiger partial charge in [0.15, 0.2) is 5.69 Å². The molecule has 0 aliphatic carbocycles. The Labute approximate surface area is 115 Å². The smallest absolute Gasteiger partial charge is 0.326 e. The predicted octanol–water partition coefficient (Wildman–Crippen LogP) is 1.31. The van der Waals surface area contributed by atoms with Crippen LogP contribution in [0.1, 0.15) is 36.7 Å². The Hall–Kier alpha value is -2.38. The molecule has 2 N–H and O–H groups in total. The first kappa shape index (κ1) is 15.7. The molecular formula is C12H17N3O5. The molecule has 0 saturated carbocycles. The highest BCUT2D eigenvalue weighted by atomic mass is 16.6. The second kappa shape index (κ2) is 6.69. The minimum atomic E-state index is -1.12. The van der Waals surface area contributed by atoms with E-state index >= 15 is 0 Å². The number of amides is 1. The van der Waals surface area contributed by atoms with Gasteiger partial charge in [-0.3, -0.25) is 4.79 Å². The van der Waals surface area contributed by atoms with Crippen LogP contribution in [0.15, 0.2) is 12.1 Å². The molecule has 1 amide bonds. The maximum atomic E-state index is 12.0. The largest absolute Gasteiger partial charge is 0.480 e. The van der Waals surface area contributed by atoms with E-state index in [-0.39, 0.29) is 11.5 Å². The zero-order valence-corrected chi connectivity index (χ0v) is 11.3. The van der Waals surface area contributed by atoms with Crippen molar-refractivity contribution in [2.24, 2.45) is 7.05 Å². The fraction of sp³-hybridized carbons (Fsp3) is 0.500. The summed E-state index contributed by atoms with van der Waals surface area (Å²) in [5.41, 5.74) is 0.0550. The van der Waals surface area contributed by atoms with Crippen molar-refractivity contribution >= 4 is 17.7 Å². The number of unbranched alkanes of at least 4 members (excludes halogenated alkanes) is 1. The zero-order chi connectivity index (χ0) is 15.3. The van der Waals surface area contributed by atoms with E-state index in [9.17, 15) is 19.7 Å². The third-order valence-electron chi connectivity index (χ3n) is 2.96. The summed E-state index contributed by atoms with van der Waals surface area (Å²) in [6.45, 7) is 1.92. The highest BCUT2D eigenvalue weighted by Crippen LogP contribution is 2.15. The van der Waals surface area contributed by atoms with Crippen LogP contribution in [0.4, 0.5) is 5.82 Å². The molecule has 0 spiro atoms. The molecule has 0 fully saturated rings. The highest BCUT2D eigenvalue weighted by Gasteiger charge is 2.25. The average molecular weight is 283 g/mol.